The maximum Gasteiger partial charge on any atom is 0.307 e. The molecule has 4 nitrogen and oxygen atoms in total. The third-order valence-corrected chi connectivity index (χ3v) is 4.39. The van der Waals surface area contributed by atoms with Crippen molar-refractivity contribution in [2.75, 3.05) is 0 Å². The topological polar surface area (TPSA) is 66.4 Å². The molecule has 1 aliphatic carbocycles. The molecule has 114 valence electrons. The Morgan fingerprint density at radius 1 is 1.33 bits per heavy atom. The van der Waals surface area contributed by atoms with Gasteiger partial charge in [-0.1, -0.05) is 30.7 Å². The second-order valence-electron chi connectivity index (χ2n) is 5.91. The summed E-state index contributed by atoms with van der Waals surface area (Å²) < 4.78 is 0. The fourth-order valence-corrected chi connectivity index (χ4v) is 3.23. The molecule has 1 amide bonds. The molecule has 0 aliphatic heterocycles. The van der Waals surface area contributed by atoms with Gasteiger partial charge in [0.05, 0.1) is 17.9 Å². The quantitative estimate of drug-likeness (QED) is 0.897. The molecule has 2 unspecified atom stereocenters. The van der Waals surface area contributed by atoms with Crippen molar-refractivity contribution in [2.45, 2.75) is 32.7 Å². The van der Waals surface area contributed by atoms with E-state index in [4.69, 9.17) is 11.6 Å². The molecule has 1 aromatic rings. The van der Waals surface area contributed by atoms with Gasteiger partial charge < -0.3 is 10.4 Å². The predicted octanol–water partition coefficient (Wildman–Crippen LogP) is 3.26. The van der Waals surface area contributed by atoms with Crippen molar-refractivity contribution in [3.05, 3.63) is 34.9 Å². The zero-order chi connectivity index (χ0) is 15.6. The molecule has 2 rings (SSSR count). The lowest BCUT2D eigenvalue weighted by Gasteiger charge is -2.20. The van der Waals surface area contributed by atoms with Crippen molar-refractivity contribution in [2.24, 2.45) is 17.8 Å². The molecule has 0 aromatic heterocycles. The summed E-state index contributed by atoms with van der Waals surface area (Å²) in [5.74, 6) is -1.82. The van der Waals surface area contributed by atoms with Crippen LogP contribution in [-0.4, -0.2) is 17.0 Å². The second-order valence-corrected chi connectivity index (χ2v) is 6.35. The summed E-state index contributed by atoms with van der Waals surface area (Å²) in [4.78, 5) is 23.6. The number of aliphatic carboxylic acids is 1. The minimum Gasteiger partial charge on any atom is -0.481 e. The Labute approximate surface area is 129 Å². The van der Waals surface area contributed by atoms with Gasteiger partial charge in [-0.2, -0.15) is 0 Å². The standard InChI is InChI=1S/C16H20ClNO3/c1-9-6-13(14(7-9)16(20)21)15(19)18-10(2)11-4-3-5-12(17)8-11/h3-5,8-10,13-14H,6-7H2,1-2H3,(H,18,19)(H,20,21)/t9?,10?,13-,14+/m0/s1. The zero-order valence-electron chi connectivity index (χ0n) is 12.2. The molecule has 1 aromatic carbocycles. The molecule has 1 fully saturated rings. The first-order valence-electron chi connectivity index (χ1n) is 7.17. The van der Waals surface area contributed by atoms with Gasteiger partial charge >= 0.3 is 5.97 Å². The molecular formula is C16H20ClNO3. The fraction of sp³-hybridized carbons (Fsp3) is 0.500. The number of hydrogen-bond acceptors (Lipinski definition) is 2. The number of nitrogens with one attached hydrogen (secondary N) is 1. The first-order chi connectivity index (χ1) is 9.88. The highest BCUT2D eigenvalue weighted by Gasteiger charge is 2.41. The Balaban J connectivity index is 2.05. The maximum absolute atomic E-state index is 12.4. The van der Waals surface area contributed by atoms with Gasteiger partial charge in [0, 0.05) is 5.02 Å². The highest BCUT2D eigenvalue weighted by atomic mass is 35.5. The van der Waals surface area contributed by atoms with Crippen molar-refractivity contribution >= 4 is 23.5 Å². The van der Waals surface area contributed by atoms with Gasteiger partial charge in [-0.05, 0) is 43.4 Å². The van der Waals surface area contributed by atoms with Gasteiger partial charge in [0.2, 0.25) is 5.91 Å². The molecule has 5 heteroatoms. The Morgan fingerprint density at radius 2 is 2.00 bits per heavy atom. The molecule has 1 saturated carbocycles. The van der Waals surface area contributed by atoms with Crippen LogP contribution in [0, 0.1) is 17.8 Å². The second kappa shape index (κ2) is 6.48. The molecule has 0 saturated heterocycles. The van der Waals surface area contributed by atoms with E-state index in [2.05, 4.69) is 5.32 Å². The molecule has 0 spiro atoms. The van der Waals surface area contributed by atoms with Gasteiger partial charge in [-0.25, -0.2) is 0 Å². The summed E-state index contributed by atoms with van der Waals surface area (Å²) in [6.07, 6.45) is 1.20. The first kappa shape index (κ1) is 15.8. The number of halogens is 1. The van der Waals surface area contributed by atoms with Gasteiger partial charge in [0.1, 0.15) is 0 Å². The lowest BCUT2D eigenvalue weighted by Crippen LogP contribution is -2.36. The third-order valence-electron chi connectivity index (χ3n) is 4.16. The SMILES string of the molecule is CC1C[C@H](C(=O)NC(C)c2cccc(Cl)c2)[C@H](C(=O)O)C1. The zero-order valence-corrected chi connectivity index (χ0v) is 12.9. The van der Waals surface area contributed by atoms with Crippen molar-refractivity contribution in [1.82, 2.24) is 5.32 Å². The van der Waals surface area contributed by atoms with Gasteiger partial charge in [-0.3, -0.25) is 9.59 Å². The van der Waals surface area contributed by atoms with Crippen molar-refractivity contribution < 1.29 is 14.7 Å². The Morgan fingerprint density at radius 3 is 2.62 bits per heavy atom. The van der Waals surface area contributed by atoms with E-state index >= 15 is 0 Å². The molecule has 0 heterocycles. The van der Waals surface area contributed by atoms with Gasteiger partial charge in [0.25, 0.3) is 0 Å². The predicted molar refractivity (Wildman–Crippen MR) is 81.0 cm³/mol. The van der Waals surface area contributed by atoms with Crippen LogP contribution in [0.1, 0.15) is 38.3 Å². The number of amides is 1. The highest BCUT2D eigenvalue weighted by Crippen LogP contribution is 2.36. The van der Waals surface area contributed by atoms with E-state index in [0.29, 0.717) is 17.9 Å². The van der Waals surface area contributed by atoms with Crippen LogP contribution >= 0.6 is 11.6 Å². The number of carbonyl (C=O) groups is 2. The van der Waals surface area contributed by atoms with Crippen molar-refractivity contribution in [3.63, 3.8) is 0 Å². The smallest absolute Gasteiger partial charge is 0.307 e. The van der Waals surface area contributed by atoms with E-state index in [9.17, 15) is 14.7 Å². The average molecular weight is 310 g/mol. The Kier molecular flexibility index (Phi) is 4.88. The Hall–Kier alpha value is -1.55. The fourth-order valence-electron chi connectivity index (χ4n) is 3.03. The molecule has 1 aliphatic rings. The van der Waals surface area contributed by atoms with Crippen LogP contribution in [0.3, 0.4) is 0 Å². The molecule has 21 heavy (non-hydrogen) atoms. The Bertz CT molecular complexity index is 546. The third kappa shape index (κ3) is 3.76. The van der Waals surface area contributed by atoms with Crippen LogP contribution in [0.4, 0.5) is 0 Å². The van der Waals surface area contributed by atoms with E-state index in [1.165, 1.54) is 0 Å². The van der Waals surface area contributed by atoms with Crippen molar-refractivity contribution in [3.8, 4) is 0 Å². The molecular weight excluding hydrogens is 290 g/mol. The lowest BCUT2D eigenvalue weighted by molar-refractivity contribution is -0.146. The van der Waals surface area contributed by atoms with E-state index < -0.39 is 17.8 Å². The number of carbonyl (C=O) groups excluding carboxylic acids is 1. The maximum atomic E-state index is 12.4. The van der Waals surface area contributed by atoms with Crippen LogP contribution < -0.4 is 5.32 Å². The van der Waals surface area contributed by atoms with Gasteiger partial charge in [-0.15, -0.1) is 0 Å². The lowest BCUT2D eigenvalue weighted by atomic mass is 9.94. The summed E-state index contributed by atoms with van der Waals surface area (Å²) in [5, 5.41) is 12.8. The number of benzene rings is 1. The number of carboxylic acid groups (broad SMARTS) is 1. The summed E-state index contributed by atoms with van der Waals surface area (Å²) in [7, 11) is 0. The van der Waals surface area contributed by atoms with E-state index in [0.717, 1.165) is 5.56 Å². The average Bonchev–Trinajstić information content (AvgIpc) is 2.81. The van der Waals surface area contributed by atoms with Crippen LogP contribution in [-0.2, 0) is 9.59 Å². The molecule has 0 radical (unpaired) electrons. The van der Waals surface area contributed by atoms with Gasteiger partial charge in [0.15, 0.2) is 0 Å². The summed E-state index contributed by atoms with van der Waals surface area (Å²) in [6.45, 7) is 3.86. The minimum atomic E-state index is -0.880. The van der Waals surface area contributed by atoms with Crippen molar-refractivity contribution in [1.29, 1.82) is 0 Å². The minimum absolute atomic E-state index is 0.181. The normalized spacial score (nSPS) is 26.3. The van der Waals surface area contributed by atoms with E-state index in [1.54, 1.807) is 12.1 Å². The first-order valence-corrected chi connectivity index (χ1v) is 7.55. The molecule has 4 atom stereocenters. The monoisotopic (exact) mass is 309 g/mol. The van der Waals surface area contributed by atoms with Crippen LogP contribution in [0.25, 0.3) is 0 Å². The number of hydrogen-bond donors (Lipinski definition) is 2. The van der Waals surface area contributed by atoms with E-state index in [1.807, 2.05) is 26.0 Å². The summed E-state index contributed by atoms with van der Waals surface area (Å²) >= 11 is 5.95. The summed E-state index contributed by atoms with van der Waals surface area (Å²) in [6, 6.07) is 7.11. The molecule has 0 bridgehead atoms. The van der Waals surface area contributed by atoms with E-state index in [-0.39, 0.29) is 17.9 Å². The van der Waals surface area contributed by atoms with Crippen LogP contribution in [0.2, 0.25) is 5.02 Å². The van der Waals surface area contributed by atoms with Crippen LogP contribution in [0.5, 0.6) is 0 Å². The highest BCUT2D eigenvalue weighted by molar-refractivity contribution is 6.30. The summed E-state index contributed by atoms with van der Waals surface area (Å²) in [5.41, 5.74) is 0.911. The number of rotatable bonds is 4. The van der Waals surface area contributed by atoms with Crippen LogP contribution in [0.15, 0.2) is 24.3 Å². The largest absolute Gasteiger partial charge is 0.481 e. The molecule has 2 N–H and O–H groups in total. The number of carboxylic acids is 1.